The van der Waals surface area contributed by atoms with Crippen molar-refractivity contribution >= 4 is 5.78 Å². The molecule has 0 N–H and O–H groups in total. The molecule has 17 heavy (non-hydrogen) atoms. The van der Waals surface area contributed by atoms with E-state index in [0.717, 1.165) is 18.2 Å². The van der Waals surface area contributed by atoms with E-state index in [9.17, 15) is 22.4 Å². The number of hydrogen-bond donors (Lipinski definition) is 0. The zero-order chi connectivity index (χ0) is 13.0. The highest BCUT2D eigenvalue weighted by Crippen LogP contribution is 2.31. The van der Waals surface area contributed by atoms with E-state index < -0.39 is 35.7 Å². The van der Waals surface area contributed by atoms with E-state index in [1.165, 1.54) is 6.92 Å². The molecule has 0 aliphatic carbocycles. The van der Waals surface area contributed by atoms with Crippen LogP contribution in [0.25, 0.3) is 0 Å². The Hall–Kier alpha value is -1.59. The molecule has 0 amide bonds. The van der Waals surface area contributed by atoms with Gasteiger partial charge in [0.15, 0.2) is 5.78 Å². The van der Waals surface area contributed by atoms with Crippen LogP contribution in [0, 0.1) is 0 Å². The van der Waals surface area contributed by atoms with Gasteiger partial charge in [0.1, 0.15) is 5.75 Å². The number of Topliss-reactive ketones (excluding diaryl/α,β-unsaturated/α-hetero) is 1. The zero-order valence-corrected chi connectivity index (χ0v) is 8.92. The third kappa shape index (κ3) is 3.18. The number of ether oxygens (including phenoxy) is 1. The Balaban J connectivity index is 3.29. The molecule has 0 unspecified atom stereocenters. The van der Waals surface area contributed by atoms with Gasteiger partial charge < -0.3 is 4.74 Å². The summed E-state index contributed by atoms with van der Waals surface area (Å²) in [6.45, 7) is -1.71. The number of carbonyl (C=O) groups excluding carboxylic acids is 1. The number of halogens is 4. The molecule has 0 aliphatic rings. The van der Waals surface area contributed by atoms with Crippen LogP contribution in [0.1, 0.15) is 35.7 Å². The van der Waals surface area contributed by atoms with E-state index in [2.05, 4.69) is 4.74 Å². The van der Waals surface area contributed by atoms with Crippen molar-refractivity contribution in [3.05, 3.63) is 29.3 Å². The third-order valence-corrected chi connectivity index (χ3v) is 2.11. The maximum atomic E-state index is 12.6. The molecule has 0 bridgehead atoms. The molecule has 0 saturated carbocycles. The average Bonchev–Trinajstić information content (AvgIpc) is 2.26. The lowest BCUT2D eigenvalue weighted by molar-refractivity contribution is -0.0503. The van der Waals surface area contributed by atoms with Crippen LogP contribution in [0.4, 0.5) is 17.6 Å². The van der Waals surface area contributed by atoms with Gasteiger partial charge in [0.05, 0.1) is 5.56 Å². The Labute approximate surface area is 95.2 Å². The number of hydrogen-bond acceptors (Lipinski definition) is 2. The standard InChI is InChI=1S/C11H10F4O2/c1-2-7(16)9-6(10(12)13)4-3-5-8(9)17-11(14)15/h3-5,10-11H,2H2,1H3. The summed E-state index contributed by atoms with van der Waals surface area (Å²) in [5, 5.41) is 0. The second-order valence-electron chi connectivity index (χ2n) is 3.18. The van der Waals surface area contributed by atoms with E-state index in [1.54, 1.807) is 0 Å². The summed E-state index contributed by atoms with van der Waals surface area (Å²) in [5.74, 6) is -1.17. The fourth-order valence-corrected chi connectivity index (χ4v) is 1.40. The zero-order valence-electron chi connectivity index (χ0n) is 8.92. The number of carbonyl (C=O) groups is 1. The summed E-state index contributed by atoms with van der Waals surface area (Å²) in [6.07, 6.45) is -2.98. The van der Waals surface area contributed by atoms with Crippen molar-refractivity contribution in [3.8, 4) is 5.75 Å². The van der Waals surface area contributed by atoms with Crippen LogP contribution in [-0.4, -0.2) is 12.4 Å². The van der Waals surface area contributed by atoms with Gasteiger partial charge in [-0.05, 0) is 6.07 Å². The predicted octanol–water partition coefficient (Wildman–Crippen LogP) is 3.82. The molecule has 0 aromatic heterocycles. The van der Waals surface area contributed by atoms with Crippen molar-refractivity contribution in [1.82, 2.24) is 0 Å². The summed E-state index contributed by atoms with van der Waals surface area (Å²) in [7, 11) is 0. The highest BCUT2D eigenvalue weighted by molar-refractivity contribution is 6.00. The smallest absolute Gasteiger partial charge is 0.387 e. The van der Waals surface area contributed by atoms with E-state index in [-0.39, 0.29) is 6.42 Å². The van der Waals surface area contributed by atoms with Crippen molar-refractivity contribution < 1.29 is 27.1 Å². The summed E-state index contributed by atoms with van der Waals surface area (Å²) >= 11 is 0. The highest BCUT2D eigenvalue weighted by atomic mass is 19.3. The maximum Gasteiger partial charge on any atom is 0.387 e. The molecular weight excluding hydrogens is 240 g/mol. The van der Waals surface area contributed by atoms with Gasteiger partial charge in [0.2, 0.25) is 0 Å². The first-order chi connectivity index (χ1) is 7.97. The normalized spacial score (nSPS) is 11.0. The van der Waals surface area contributed by atoms with Crippen molar-refractivity contribution in [2.75, 3.05) is 0 Å². The van der Waals surface area contributed by atoms with Crippen LogP contribution in [-0.2, 0) is 0 Å². The second-order valence-corrected chi connectivity index (χ2v) is 3.18. The minimum absolute atomic E-state index is 0.0661. The van der Waals surface area contributed by atoms with Gasteiger partial charge in [-0.3, -0.25) is 4.79 Å². The molecule has 6 heteroatoms. The summed E-state index contributed by atoms with van der Waals surface area (Å²) in [4.78, 5) is 11.5. The van der Waals surface area contributed by atoms with Gasteiger partial charge in [-0.2, -0.15) is 8.78 Å². The van der Waals surface area contributed by atoms with Gasteiger partial charge >= 0.3 is 6.61 Å². The Morgan fingerprint density at radius 3 is 2.41 bits per heavy atom. The van der Waals surface area contributed by atoms with Crippen molar-refractivity contribution in [2.45, 2.75) is 26.4 Å². The fourth-order valence-electron chi connectivity index (χ4n) is 1.40. The quantitative estimate of drug-likeness (QED) is 0.586. The lowest BCUT2D eigenvalue weighted by atomic mass is 10.0. The first-order valence-corrected chi connectivity index (χ1v) is 4.86. The minimum atomic E-state index is -3.16. The first-order valence-electron chi connectivity index (χ1n) is 4.86. The second kappa shape index (κ2) is 5.65. The predicted molar refractivity (Wildman–Crippen MR) is 52.7 cm³/mol. The lowest BCUT2D eigenvalue weighted by Gasteiger charge is -2.13. The van der Waals surface area contributed by atoms with E-state index >= 15 is 0 Å². The molecule has 0 saturated heterocycles. The molecular formula is C11H10F4O2. The molecule has 0 fully saturated rings. The third-order valence-electron chi connectivity index (χ3n) is 2.11. The summed E-state index contributed by atoms with van der Waals surface area (Å²) in [6, 6.07) is 3.23. The van der Waals surface area contributed by atoms with Crippen LogP contribution in [0.2, 0.25) is 0 Å². The molecule has 94 valence electrons. The van der Waals surface area contributed by atoms with Crippen molar-refractivity contribution in [3.63, 3.8) is 0 Å². The maximum absolute atomic E-state index is 12.6. The highest BCUT2D eigenvalue weighted by Gasteiger charge is 2.23. The van der Waals surface area contributed by atoms with Gasteiger partial charge in [-0.15, -0.1) is 0 Å². The molecule has 0 radical (unpaired) electrons. The monoisotopic (exact) mass is 250 g/mol. The average molecular weight is 250 g/mol. The van der Waals surface area contributed by atoms with E-state index in [4.69, 9.17) is 0 Å². The van der Waals surface area contributed by atoms with E-state index in [0.29, 0.717) is 0 Å². The SMILES string of the molecule is CCC(=O)c1c(OC(F)F)cccc1C(F)F. The number of alkyl halides is 4. The molecule has 2 nitrogen and oxygen atoms in total. The Kier molecular flexibility index (Phi) is 4.48. The van der Waals surface area contributed by atoms with Crippen LogP contribution in [0.15, 0.2) is 18.2 Å². The Morgan fingerprint density at radius 2 is 1.94 bits per heavy atom. The minimum Gasteiger partial charge on any atom is -0.434 e. The fraction of sp³-hybridized carbons (Fsp3) is 0.364. The molecule has 0 atom stereocenters. The Bertz CT molecular complexity index is 404. The van der Waals surface area contributed by atoms with Gasteiger partial charge in [-0.25, -0.2) is 8.78 Å². The summed E-state index contributed by atoms with van der Waals surface area (Å²) in [5.41, 5.74) is -1.06. The molecule has 1 rings (SSSR count). The topological polar surface area (TPSA) is 26.3 Å². The molecule has 0 heterocycles. The van der Waals surface area contributed by atoms with Gasteiger partial charge in [0, 0.05) is 12.0 Å². The molecule has 1 aromatic rings. The molecule has 1 aromatic carbocycles. The number of rotatable bonds is 5. The lowest BCUT2D eigenvalue weighted by Crippen LogP contribution is -2.10. The molecule has 0 aliphatic heterocycles. The van der Waals surface area contributed by atoms with E-state index in [1.807, 2.05) is 0 Å². The largest absolute Gasteiger partial charge is 0.434 e. The van der Waals surface area contributed by atoms with Crippen LogP contribution in [0.5, 0.6) is 5.75 Å². The Morgan fingerprint density at radius 1 is 1.29 bits per heavy atom. The number of ketones is 1. The van der Waals surface area contributed by atoms with Gasteiger partial charge in [0.25, 0.3) is 6.43 Å². The van der Waals surface area contributed by atoms with Crippen LogP contribution in [0.3, 0.4) is 0 Å². The summed E-state index contributed by atoms with van der Waals surface area (Å²) < 4.78 is 53.5. The van der Waals surface area contributed by atoms with Gasteiger partial charge in [-0.1, -0.05) is 19.1 Å². The molecule has 0 spiro atoms. The van der Waals surface area contributed by atoms with Crippen molar-refractivity contribution in [2.24, 2.45) is 0 Å². The van der Waals surface area contributed by atoms with Crippen molar-refractivity contribution in [1.29, 1.82) is 0 Å². The first kappa shape index (κ1) is 13.5. The van der Waals surface area contributed by atoms with Crippen LogP contribution >= 0.6 is 0 Å². The van der Waals surface area contributed by atoms with Crippen LogP contribution < -0.4 is 4.74 Å². The number of benzene rings is 1.